The van der Waals surface area contributed by atoms with Gasteiger partial charge < -0.3 is 10.4 Å². The highest BCUT2D eigenvalue weighted by molar-refractivity contribution is 8.00. The van der Waals surface area contributed by atoms with E-state index < -0.39 is 0 Å². The minimum Gasteiger partial charge on any atom is -0.508 e. The third-order valence-electron chi connectivity index (χ3n) is 4.72. The van der Waals surface area contributed by atoms with Crippen LogP contribution in [0.15, 0.2) is 90.1 Å². The van der Waals surface area contributed by atoms with Gasteiger partial charge in [-0.1, -0.05) is 60.3 Å². The third kappa shape index (κ3) is 5.13. The number of hydrogen-bond donors (Lipinski definition) is 2. The monoisotopic (exact) mass is 430 g/mol. The maximum atomic E-state index is 12.7. The van der Waals surface area contributed by atoms with E-state index >= 15 is 0 Å². The molecule has 1 amide bonds. The van der Waals surface area contributed by atoms with Crippen molar-refractivity contribution in [2.24, 2.45) is 0 Å². The quantitative estimate of drug-likeness (QED) is 0.411. The molecule has 6 nitrogen and oxygen atoms in total. The number of carbonyl (C=O) groups is 1. The first-order valence-corrected chi connectivity index (χ1v) is 10.8. The van der Waals surface area contributed by atoms with Crippen LogP contribution in [0.3, 0.4) is 0 Å². The summed E-state index contributed by atoms with van der Waals surface area (Å²) in [6.07, 6.45) is 0. The van der Waals surface area contributed by atoms with Crippen molar-refractivity contribution in [3.8, 4) is 17.1 Å². The van der Waals surface area contributed by atoms with Gasteiger partial charge in [0.05, 0.1) is 11.8 Å². The molecule has 1 heterocycles. The van der Waals surface area contributed by atoms with Gasteiger partial charge in [0.25, 0.3) is 0 Å². The fraction of sp³-hybridized carbons (Fsp3) is 0.125. The molecule has 0 fully saturated rings. The summed E-state index contributed by atoms with van der Waals surface area (Å²) >= 11 is 1.36. The van der Waals surface area contributed by atoms with Crippen molar-refractivity contribution in [2.75, 3.05) is 5.32 Å². The second-order valence-electron chi connectivity index (χ2n) is 7.04. The van der Waals surface area contributed by atoms with Crippen LogP contribution in [0, 0.1) is 0 Å². The van der Waals surface area contributed by atoms with Crippen LogP contribution in [-0.4, -0.2) is 31.0 Å². The second-order valence-corrected chi connectivity index (χ2v) is 8.35. The minimum atomic E-state index is -0.369. The molecular weight excluding hydrogens is 408 g/mol. The number of amides is 1. The van der Waals surface area contributed by atoms with Gasteiger partial charge in [-0.2, -0.15) is 0 Å². The molecule has 156 valence electrons. The summed E-state index contributed by atoms with van der Waals surface area (Å²) in [7, 11) is 0. The van der Waals surface area contributed by atoms with E-state index in [4.69, 9.17) is 0 Å². The van der Waals surface area contributed by atoms with Crippen molar-refractivity contribution in [3.63, 3.8) is 0 Å². The van der Waals surface area contributed by atoms with E-state index in [1.54, 1.807) is 24.3 Å². The zero-order valence-corrected chi connectivity index (χ0v) is 17.8. The lowest BCUT2D eigenvalue weighted by molar-refractivity contribution is -0.115. The van der Waals surface area contributed by atoms with Gasteiger partial charge in [0.1, 0.15) is 5.75 Å². The lowest BCUT2D eigenvalue weighted by Gasteiger charge is -2.14. The van der Waals surface area contributed by atoms with Gasteiger partial charge >= 0.3 is 0 Å². The van der Waals surface area contributed by atoms with Crippen LogP contribution in [-0.2, 0) is 11.3 Å². The number of hydrogen-bond acceptors (Lipinski definition) is 5. The predicted molar refractivity (Wildman–Crippen MR) is 123 cm³/mol. The van der Waals surface area contributed by atoms with Crippen molar-refractivity contribution < 1.29 is 9.90 Å². The van der Waals surface area contributed by atoms with E-state index in [1.807, 2.05) is 72.2 Å². The smallest absolute Gasteiger partial charge is 0.237 e. The lowest BCUT2D eigenvalue weighted by Crippen LogP contribution is -2.23. The molecular formula is C24H22N4O2S. The molecule has 0 spiro atoms. The van der Waals surface area contributed by atoms with E-state index in [1.165, 1.54) is 11.8 Å². The van der Waals surface area contributed by atoms with Gasteiger partial charge in [0.2, 0.25) is 5.91 Å². The largest absolute Gasteiger partial charge is 0.508 e. The van der Waals surface area contributed by atoms with Crippen molar-refractivity contribution in [1.29, 1.82) is 0 Å². The summed E-state index contributed by atoms with van der Waals surface area (Å²) in [5.41, 5.74) is 2.70. The number of nitrogens with one attached hydrogen (secondary N) is 1. The summed E-state index contributed by atoms with van der Waals surface area (Å²) in [6, 6.07) is 26.3. The molecule has 4 rings (SSSR count). The first-order chi connectivity index (χ1) is 15.1. The molecule has 0 aliphatic rings. The summed E-state index contributed by atoms with van der Waals surface area (Å²) in [5, 5.41) is 21.6. The Labute approximate surface area is 185 Å². The second kappa shape index (κ2) is 9.49. The lowest BCUT2D eigenvalue weighted by atomic mass is 10.2. The number of phenols is 1. The Kier molecular flexibility index (Phi) is 6.33. The van der Waals surface area contributed by atoms with Gasteiger partial charge in [-0.3, -0.25) is 9.36 Å². The molecule has 0 unspecified atom stereocenters. The molecule has 1 aromatic heterocycles. The number of para-hydroxylation sites is 1. The van der Waals surface area contributed by atoms with E-state index in [-0.39, 0.29) is 16.9 Å². The molecule has 0 aliphatic carbocycles. The Morgan fingerprint density at radius 1 is 0.968 bits per heavy atom. The zero-order valence-electron chi connectivity index (χ0n) is 17.0. The Bertz CT molecular complexity index is 1150. The van der Waals surface area contributed by atoms with Crippen LogP contribution in [0.2, 0.25) is 0 Å². The molecule has 4 aromatic rings. The Morgan fingerprint density at radius 2 is 1.61 bits per heavy atom. The fourth-order valence-electron chi connectivity index (χ4n) is 3.09. The Hall–Kier alpha value is -3.58. The standard InChI is InChI=1S/C24H22N4O2S/c1-17(23(30)25-20-10-6-3-7-11-20)31-24-27-26-22(19-12-14-21(29)15-13-19)28(24)16-18-8-4-2-5-9-18/h2-15,17,29H,16H2,1H3,(H,25,30)/t17-/m1/s1. The van der Waals surface area contributed by atoms with Crippen molar-refractivity contribution >= 4 is 23.4 Å². The topological polar surface area (TPSA) is 80.0 Å². The fourth-order valence-corrected chi connectivity index (χ4v) is 3.93. The first-order valence-electron chi connectivity index (χ1n) is 9.89. The minimum absolute atomic E-state index is 0.100. The van der Waals surface area contributed by atoms with Crippen LogP contribution < -0.4 is 5.32 Å². The van der Waals surface area contributed by atoms with Crippen molar-refractivity contribution in [1.82, 2.24) is 14.8 Å². The normalized spacial score (nSPS) is 11.8. The van der Waals surface area contributed by atoms with E-state index in [0.29, 0.717) is 17.5 Å². The highest BCUT2D eigenvalue weighted by Crippen LogP contribution is 2.29. The summed E-state index contributed by atoms with van der Waals surface area (Å²) < 4.78 is 2.00. The molecule has 0 saturated carbocycles. The average molecular weight is 431 g/mol. The number of benzene rings is 3. The van der Waals surface area contributed by atoms with Crippen LogP contribution in [0.4, 0.5) is 5.69 Å². The molecule has 1 atom stereocenters. The van der Waals surface area contributed by atoms with Crippen molar-refractivity contribution in [3.05, 3.63) is 90.5 Å². The average Bonchev–Trinajstić information content (AvgIpc) is 3.17. The predicted octanol–water partition coefficient (Wildman–Crippen LogP) is 4.82. The van der Waals surface area contributed by atoms with Gasteiger partial charge in [-0.15, -0.1) is 10.2 Å². The van der Waals surface area contributed by atoms with E-state index in [9.17, 15) is 9.90 Å². The van der Waals surface area contributed by atoms with Gasteiger partial charge in [0.15, 0.2) is 11.0 Å². The Morgan fingerprint density at radius 3 is 2.29 bits per heavy atom. The molecule has 0 aliphatic heterocycles. The van der Waals surface area contributed by atoms with Crippen LogP contribution in [0.5, 0.6) is 5.75 Å². The summed E-state index contributed by atoms with van der Waals surface area (Å²) in [5.74, 6) is 0.775. The van der Waals surface area contributed by atoms with Crippen LogP contribution in [0.1, 0.15) is 12.5 Å². The van der Waals surface area contributed by atoms with Gasteiger partial charge in [-0.05, 0) is 48.9 Å². The summed E-state index contributed by atoms with van der Waals surface area (Å²) in [4.78, 5) is 12.7. The van der Waals surface area contributed by atoms with Gasteiger partial charge in [-0.25, -0.2) is 0 Å². The maximum absolute atomic E-state index is 12.7. The maximum Gasteiger partial charge on any atom is 0.237 e. The van der Waals surface area contributed by atoms with Crippen LogP contribution in [0.25, 0.3) is 11.4 Å². The highest BCUT2D eigenvalue weighted by atomic mass is 32.2. The highest BCUT2D eigenvalue weighted by Gasteiger charge is 2.21. The van der Waals surface area contributed by atoms with E-state index in [2.05, 4.69) is 15.5 Å². The molecule has 3 aromatic carbocycles. The number of rotatable bonds is 7. The number of carbonyl (C=O) groups excluding carboxylic acids is 1. The number of anilines is 1. The van der Waals surface area contributed by atoms with E-state index in [0.717, 1.165) is 16.8 Å². The molecule has 0 radical (unpaired) electrons. The molecule has 0 bridgehead atoms. The van der Waals surface area contributed by atoms with Crippen LogP contribution >= 0.6 is 11.8 Å². The number of aromatic hydroxyl groups is 1. The number of aromatic nitrogens is 3. The first kappa shape index (κ1) is 20.7. The SMILES string of the molecule is C[C@@H](Sc1nnc(-c2ccc(O)cc2)n1Cc1ccccc1)C(=O)Nc1ccccc1. The third-order valence-corrected chi connectivity index (χ3v) is 5.80. The number of phenolic OH excluding ortho intramolecular Hbond substituents is 1. The number of nitrogens with zero attached hydrogens (tertiary/aromatic N) is 3. The molecule has 0 saturated heterocycles. The molecule has 2 N–H and O–H groups in total. The van der Waals surface area contributed by atoms with Crippen molar-refractivity contribution in [2.45, 2.75) is 23.9 Å². The zero-order chi connectivity index (χ0) is 21.6. The number of thioether (sulfide) groups is 1. The van der Waals surface area contributed by atoms with Gasteiger partial charge in [0, 0.05) is 11.3 Å². The molecule has 7 heteroatoms. The summed E-state index contributed by atoms with van der Waals surface area (Å²) in [6.45, 7) is 2.42. The Balaban J connectivity index is 1.60. The molecule has 31 heavy (non-hydrogen) atoms.